The molecular weight excluding hydrogens is 399 g/mol. The molecule has 0 amide bonds. The Morgan fingerprint density at radius 1 is 1.19 bits per heavy atom. The minimum Gasteiger partial charge on any atom is -0.370 e. The molecule has 0 unspecified atom stereocenters. The van der Waals surface area contributed by atoms with Crippen LogP contribution in [0.1, 0.15) is 32.5 Å². The summed E-state index contributed by atoms with van der Waals surface area (Å²) in [6.45, 7) is 7.04. The van der Waals surface area contributed by atoms with Gasteiger partial charge in [0.1, 0.15) is 17.5 Å². The van der Waals surface area contributed by atoms with Crippen LogP contribution in [0, 0.1) is 3.57 Å². The van der Waals surface area contributed by atoms with Crippen molar-refractivity contribution in [2.75, 3.05) is 17.2 Å². The zero-order valence-electron chi connectivity index (χ0n) is 12.2. The highest BCUT2D eigenvalue weighted by Gasteiger charge is 2.09. The number of hydrogen-bond acceptors (Lipinski definition) is 4. The zero-order valence-corrected chi connectivity index (χ0v) is 15.2. The van der Waals surface area contributed by atoms with E-state index in [9.17, 15) is 0 Å². The fourth-order valence-corrected chi connectivity index (χ4v) is 2.79. The van der Waals surface area contributed by atoms with Crippen LogP contribution in [-0.2, 0) is 0 Å². The van der Waals surface area contributed by atoms with Crippen LogP contribution >= 0.6 is 34.2 Å². The second-order valence-corrected chi connectivity index (χ2v) is 6.53. The summed E-state index contributed by atoms with van der Waals surface area (Å²) in [5, 5.41) is 7.30. The highest BCUT2D eigenvalue weighted by atomic mass is 127. The molecule has 2 aromatic rings. The molecule has 21 heavy (non-hydrogen) atoms. The van der Waals surface area contributed by atoms with Gasteiger partial charge in [-0.3, -0.25) is 0 Å². The molecule has 0 aliphatic carbocycles. The highest BCUT2D eigenvalue weighted by molar-refractivity contribution is 14.1. The van der Waals surface area contributed by atoms with Crippen molar-refractivity contribution < 1.29 is 0 Å². The molecule has 2 rings (SSSR count). The Bertz CT molecular complexity index is 631. The molecule has 0 radical (unpaired) electrons. The molecule has 2 N–H and O–H groups in total. The van der Waals surface area contributed by atoms with Crippen molar-refractivity contribution in [2.24, 2.45) is 0 Å². The molecule has 0 aliphatic rings. The fraction of sp³-hybridized carbons (Fsp3) is 0.333. The van der Waals surface area contributed by atoms with Gasteiger partial charge >= 0.3 is 0 Å². The van der Waals surface area contributed by atoms with Crippen LogP contribution in [0.2, 0.25) is 5.02 Å². The average molecular weight is 417 g/mol. The Labute approximate surface area is 143 Å². The van der Waals surface area contributed by atoms with E-state index in [2.05, 4.69) is 57.0 Å². The highest BCUT2D eigenvalue weighted by Crippen LogP contribution is 2.26. The molecule has 1 aromatic carbocycles. The molecular formula is C15H18ClIN4. The predicted molar refractivity (Wildman–Crippen MR) is 97.7 cm³/mol. The number of anilines is 3. The maximum absolute atomic E-state index is 5.98. The molecule has 1 aromatic heterocycles. The van der Waals surface area contributed by atoms with E-state index in [4.69, 9.17) is 11.6 Å². The molecule has 0 aliphatic heterocycles. The second-order valence-electron chi connectivity index (χ2n) is 4.93. The monoisotopic (exact) mass is 416 g/mol. The van der Waals surface area contributed by atoms with E-state index in [1.807, 2.05) is 31.2 Å². The number of hydrogen-bond donors (Lipinski definition) is 2. The zero-order chi connectivity index (χ0) is 15.4. The molecule has 0 bridgehead atoms. The van der Waals surface area contributed by atoms with Crippen molar-refractivity contribution in [3.63, 3.8) is 0 Å². The topological polar surface area (TPSA) is 49.8 Å². The first-order valence-corrected chi connectivity index (χ1v) is 8.30. The Kier molecular flexibility index (Phi) is 5.64. The van der Waals surface area contributed by atoms with Crippen molar-refractivity contribution in [3.8, 4) is 0 Å². The molecule has 6 heteroatoms. The summed E-state index contributed by atoms with van der Waals surface area (Å²) in [4.78, 5) is 9.09. The first-order chi connectivity index (χ1) is 9.99. The summed E-state index contributed by atoms with van der Waals surface area (Å²) < 4.78 is 1.05. The van der Waals surface area contributed by atoms with Gasteiger partial charge in [-0.05, 0) is 47.7 Å². The lowest BCUT2D eigenvalue weighted by Crippen LogP contribution is -2.07. The minimum absolute atomic E-state index is 0.272. The smallest absolute Gasteiger partial charge is 0.136 e. The third-order valence-electron chi connectivity index (χ3n) is 2.81. The summed E-state index contributed by atoms with van der Waals surface area (Å²) in [5.74, 6) is 2.71. The Morgan fingerprint density at radius 3 is 2.52 bits per heavy atom. The third kappa shape index (κ3) is 4.44. The van der Waals surface area contributed by atoms with Gasteiger partial charge in [0.05, 0.1) is 5.69 Å². The van der Waals surface area contributed by atoms with Crippen LogP contribution in [0.25, 0.3) is 0 Å². The summed E-state index contributed by atoms with van der Waals surface area (Å²) >= 11 is 8.24. The van der Waals surface area contributed by atoms with Crippen molar-refractivity contribution >= 4 is 51.5 Å². The van der Waals surface area contributed by atoms with Crippen LogP contribution < -0.4 is 10.6 Å². The van der Waals surface area contributed by atoms with Gasteiger partial charge in [-0.15, -0.1) is 0 Å². The maximum Gasteiger partial charge on any atom is 0.136 e. The lowest BCUT2D eigenvalue weighted by molar-refractivity contribution is 0.777. The maximum atomic E-state index is 5.98. The Morgan fingerprint density at radius 2 is 1.90 bits per heavy atom. The number of halogens is 2. The van der Waals surface area contributed by atoms with Gasteiger partial charge in [-0.1, -0.05) is 25.4 Å². The second kappa shape index (κ2) is 7.26. The standard InChI is InChI=1S/C15H18ClIN4/c1-4-18-13-8-14(21-15(20-13)9(2)3)19-12-6-5-10(16)7-11(12)17/h5-9H,4H2,1-3H3,(H2,18,19,20,21). The van der Waals surface area contributed by atoms with E-state index in [0.717, 1.165) is 38.3 Å². The van der Waals surface area contributed by atoms with Gasteiger partial charge < -0.3 is 10.6 Å². The quantitative estimate of drug-likeness (QED) is 0.671. The van der Waals surface area contributed by atoms with Crippen molar-refractivity contribution in [1.29, 1.82) is 0 Å². The summed E-state index contributed by atoms with van der Waals surface area (Å²) in [6, 6.07) is 7.65. The summed E-state index contributed by atoms with van der Waals surface area (Å²) in [7, 11) is 0. The molecule has 0 saturated heterocycles. The average Bonchev–Trinajstić information content (AvgIpc) is 2.42. The SMILES string of the molecule is CCNc1cc(Nc2ccc(Cl)cc2I)nc(C(C)C)n1. The molecule has 112 valence electrons. The Balaban J connectivity index is 2.33. The lowest BCUT2D eigenvalue weighted by Gasteiger charge is -2.13. The van der Waals surface area contributed by atoms with E-state index < -0.39 is 0 Å². The Hall–Kier alpha value is -1.08. The summed E-state index contributed by atoms with van der Waals surface area (Å²) in [5.41, 5.74) is 0.982. The number of rotatable bonds is 5. The van der Waals surface area contributed by atoms with Gasteiger partial charge in [0.2, 0.25) is 0 Å². The van der Waals surface area contributed by atoms with Crippen LogP contribution in [-0.4, -0.2) is 16.5 Å². The van der Waals surface area contributed by atoms with Crippen LogP contribution in [0.5, 0.6) is 0 Å². The van der Waals surface area contributed by atoms with Gasteiger partial charge in [0.15, 0.2) is 0 Å². The lowest BCUT2D eigenvalue weighted by atomic mass is 10.2. The number of aromatic nitrogens is 2. The van der Waals surface area contributed by atoms with Gasteiger partial charge in [-0.25, -0.2) is 9.97 Å². The largest absolute Gasteiger partial charge is 0.370 e. The van der Waals surface area contributed by atoms with Crippen LogP contribution in [0.15, 0.2) is 24.3 Å². The summed E-state index contributed by atoms with van der Waals surface area (Å²) in [6.07, 6.45) is 0. The molecule has 0 saturated carbocycles. The van der Waals surface area contributed by atoms with E-state index >= 15 is 0 Å². The molecule has 0 fully saturated rings. The number of benzene rings is 1. The van der Waals surface area contributed by atoms with Crippen LogP contribution in [0.3, 0.4) is 0 Å². The first-order valence-electron chi connectivity index (χ1n) is 6.84. The van der Waals surface area contributed by atoms with E-state index in [1.165, 1.54) is 0 Å². The molecule has 4 nitrogen and oxygen atoms in total. The number of nitrogens with zero attached hydrogens (tertiary/aromatic N) is 2. The third-order valence-corrected chi connectivity index (χ3v) is 3.94. The van der Waals surface area contributed by atoms with Gasteiger partial charge in [0.25, 0.3) is 0 Å². The molecule has 0 spiro atoms. The van der Waals surface area contributed by atoms with E-state index in [1.54, 1.807) is 0 Å². The van der Waals surface area contributed by atoms with E-state index in [0.29, 0.717) is 0 Å². The number of nitrogens with one attached hydrogen (secondary N) is 2. The predicted octanol–water partition coefficient (Wildman–Crippen LogP) is 5.03. The van der Waals surface area contributed by atoms with Crippen molar-refractivity contribution in [1.82, 2.24) is 9.97 Å². The normalized spacial score (nSPS) is 10.8. The van der Waals surface area contributed by atoms with Crippen molar-refractivity contribution in [3.05, 3.63) is 38.7 Å². The fourth-order valence-electron chi connectivity index (χ4n) is 1.79. The molecule has 0 atom stereocenters. The van der Waals surface area contributed by atoms with Gasteiger partial charge in [0, 0.05) is 27.1 Å². The minimum atomic E-state index is 0.272. The van der Waals surface area contributed by atoms with Crippen LogP contribution in [0.4, 0.5) is 17.3 Å². The van der Waals surface area contributed by atoms with Crippen molar-refractivity contribution in [2.45, 2.75) is 26.7 Å². The van der Waals surface area contributed by atoms with Gasteiger partial charge in [-0.2, -0.15) is 0 Å². The van der Waals surface area contributed by atoms with E-state index in [-0.39, 0.29) is 5.92 Å². The first kappa shape index (κ1) is 16.3. The molecule has 1 heterocycles.